The minimum Gasteiger partial charge on any atom is -0.340 e. The molecule has 2 N–H and O–H groups in total. The number of thiophene rings is 1. The summed E-state index contributed by atoms with van der Waals surface area (Å²) >= 11 is 1.68. The molecule has 6 aromatic rings. The number of hydrogen-bond acceptors (Lipinski definition) is 9. The van der Waals surface area contributed by atoms with Gasteiger partial charge in [-0.1, -0.05) is 30.3 Å². The molecule has 2 aromatic carbocycles. The second-order valence-corrected chi connectivity index (χ2v) is 13.9. The summed E-state index contributed by atoms with van der Waals surface area (Å²) in [5.74, 6) is 0.941. The Morgan fingerprint density at radius 1 is 1.05 bits per heavy atom. The molecule has 0 radical (unpaired) electrons. The van der Waals surface area contributed by atoms with E-state index in [1.807, 2.05) is 33.8 Å². The predicted molar refractivity (Wildman–Crippen MR) is 167 cm³/mol. The lowest BCUT2D eigenvalue weighted by atomic mass is 9.95. The van der Waals surface area contributed by atoms with Gasteiger partial charge in [-0.2, -0.15) is 10.2 Å². The van der Waals surface area contributed by atoms with Crippen LogP contribution in [-0.4, -0.2) is 63.0 Å². The van der Waals surface area contributed by atoms with E-state index in [1.54, 1.807) is 17.7 Å². The zero-order chi connectivity index (χ0) is 28.7. The number of aryl methyl sites for hydroxylation is 2. The van der Waals surface area contributed by atoms with Gasteiger partial charge in [0.2, 0.25) is 0 Å². The summed E-state index contributed by atoms with van der Waals surface area (Å²) in [4.78, 5) is 11.4. The van der Waals surface area contributed by atoms with Crippen molar-refractivity contribution in [1.82, 2.24) is 34.8 Å². The molecular weight excluding hydrogens is 569 g/mol. The van der Waals surface area contributed by atoms with E-state index in [0.29, 0.717) is 19.6 Å². The summed E-state index contributed by atoms with van der Waals surface area (Å²) in [5, 5.41) is 18.3. The Morgan fingerprint density at radius 2 is 1.93 bits per heavy atom. The average molecular weight is 599 g/mol. The first-order valence-electron chi connectivity index (χ1n) is 13.9. The normalized spacial score (nSPS) is 13.0. The van der Waals surface area contributed by atoms with Gasteiger partial charge in [0.05, 0.1) is 41.6 Å². The number of aromatic nitrogens is 6. The molecule has 1 aliphatic rings. The Hall–Kier alpha value is -4.13. The predicted octanol–water partition coefficient (Wildman–Crippen LogP) is 4.43. The van der Waals surface area contributed by atoms with E-state index in [0.717, 1.165) is 63.3 Å². The van der Waals surface area contributed by atoms with Gasteiger partial charge in [-0.15, -0.1) is 11.3 Å². The van der Waals surface area contributed by atoms with Crippen LogP contribution in [0.4, 0.5) is 11.5 Å². The summed E-state index contributed by atoms with van der Waals surface area (Å²) in [7, 11) is -2.96. The molecule has 4 aromatic heterocycles. The maximum Gasteiger partial charge on any atom is 0.148 e. The molecule has 4 heterocycles. The lowest BCUT2D eigenvalue weighted by Gasteiger charge is -2.12. The van der Waals surface area contributed by atoms with Crippen molar-refractivity contribution in [2.24, 2.45) is 0 Å². The molecule has 0 amide bonds. The number of fused-ring (bicyclic) bond motifs is 6. The summed E-state index contributed by atoms with van der Waals surface area (Å²) < 4.78 is 26.7. The van der Waals surface area contributed by atoms with Gasteiger partial charge in [-0.25, -0.2) is 18.4 Å². The summed E-state index contributed by atoms with van der Waals surface area (Å²) in [6, 6.07) is 16.6. The van der Waals surface area contributed by atoms with E-state index < -0.39 is 9.84 Å². The molecule has 0 fully saturated rings. The van der Waals surface area contributed by atoms with E-state index in [9.17, 15) is 8.42 Å². The number of nitrogens with one attached hydrogen (secondary N) is 2. The standard InChI is InChI=1S/C30H30N8O2S2/c1-42(39,40)14-12-31-11-13-37-18-24-25(36-37)9-8-23-27-29(32-19-33-30(27)41-28(23)24)35-22-7-10-26-21(15-22)16-34-38(26)17-20-5-3-2-4-6-20/h2-7,10,15-16,18-19,31H,8-9,11-14,17H2,1H3,(H,32,33,35). The molecule has 0 saturated carbocycles. The molecule has 7 rings (SSSR count). The van der Waals surface area contributed by atoms with Crippen molar-refractivity contribution in [1.29, 1.82) is 0 Å². The number of hydrogen-bond donors (Lipinski definition) is 2. The van der Waals surface area contributed by atoms with Crippen LogP contribution >= 0.6 is 11.3 Å². The van der Waals surface area contributed by atoms with Crippen molar-refractivity contribution in [2.75, 3.05) is 30.4 Å². The Morgan fingerprint density at radius 3 is 2.79 bits per heavy atom. The quantitative estimate of drug-likeness (QED) is 0.222. The third-order valence-corrected chi connectivity index (χ3v) is 9.65. The molecule has 0 spiro atoms. The summed E-state index contributed by atoms with van der Waals surface area (Å²) in [6.07, 6.45) is 8.61. The third-order valence-electron chi connectivity index (χ3n) is 7.53. The third kappa shape index (κ3) is 5.40. The summed E-state index contributed by atoms with van der Waals surface area (Å²) in [6.45, 7) is 2.50. The SMILES string of the molecule is CS(=O)(=O)CCNCCn1cc2c(n1)CCc1c-2sc2ncnc(Nc3ccc4c(cnn4Cc4ccccc4)c3)c12. The van der Waals surface area contributed by atoms with Gasteiger partial charge in [0, 0.05) is 47.1 Å². The van der Waals surface area contributed by atoms with Crippen molar-refractivity contribution in [3.63, 3.8) is 0 Å². The Bertz CT molecular complexity index is 2010. The van der Waals surface area contributed by atoms with Crippen LogP contribution in [0.25, 0.3) is 31.6 Å². The highest BCUT2D eigenvalue weighted by atomic mass is 32.2. The molecule has 12 heteroatoms. The van der Waals surface area contributed by atoms with Crippen LogP contribution < -0.4 is 10.6 Å². The largest absolute Gasteiger partial charge is 0.340 e. The van der Waals surface area contributed by atoms with E-state index >= 15 is 0 Å². The number of nitrogens with zero attached hydrogens (tertiary/aromatic N) is 6. The Kier molecular flexibility index (Phi) is 6.96. The second kappa shape index (κ2) is 10.9. The fourth-order valence-electron chi connectivity index (χ4n) is 5.50. The van der Waals surface area contributed by atoms with Crippen molar-refractivity contribution < 1.29 is 8.42 Å². The molecule has 42 heavy (non-hydrogen) atoms. The number of rotatable bonds is 10. The smallest absolute Gasteiger partial charge is 0.148 e. The van der Waals surface area contributed by atoms with Gasteiger partial charge >= 0.3 is 0 Å². The highest BCUT2D eigenvalue weighted by Crippen LogP contribution is 2.45. The molecule has 10 nitrogen and oxygen atoms in total. The minimum absolute atomic E-state index is 0.136. The Labute approximate surface area is 247 Å². The van der Waals surface area contributed by atoms with Gasteiger partial charge < -0.3 is 10.6 Å². The average Bonchev–Trinajstić information content (AvgIpc) is 3.68. The van der Waals surface area contributed by atoms with Gasteiger partial charge in [0.1, 0.15) is 26.8 Å². The van der Waals surface area contributed by atoms with Crippen LogP contribution in [0.15, 0.2) is 67.3 Å². The molecule has 0 unspecified atom stereocenters. The lowest BCUT2D eigenvalue weighted by Crippen LogP contribution is -2.26. The lowest BCUT2D eigenvalue weighted by molar-refractivity contribution is 0.555. The molecule has 0 atom stereocenters. The first-order valence-corrected chi connectivity index (χ1v) is 16.8. The fraction of sp³-hybridized carbons (Fsp3) is 0.267. The van der Waals surface area contributed by atoms with Crippen molar-refractivity contribution in [2.45, 2.75) is 25.9 Å². The van der Waals surface area contributed by atoms with Crippen LogP contribution in [0, 0.1) is 0 Å². The van der Waals surface area contributed by atoms with Crippen LogP contribution in [-0.2, 0) is 35.8 Å². The topological polar surface area (TPSA) is 120 Å². The number of sulfone groups is 1. The molecule has 1 aliphatic carbocycles. The van der Waals surface area contributed by atoms with Gasteiger partial charge in [0.25, 0.3) is 0 Å². The van der Waals surface area contributed by atoms with E-state index in [2.05, 4.69) is 62.2 Å². The van der Waals surface area contributed by atoms with E-state index in [1.165, 1.54) is 22.3 Å². The number of benzene rings is 2. The molecule has 0 bridgehead atoms. The first kappa shape index (κ1) is 26.7. The number of anilines is 2. The van der Waals surface area contributed by atoms with E-state index in [-0.39, 0.29) is 5.75 Å². The van der Waals surface area contributed by atoms with Gasteiger partial charge in [0.15, 0.2) is 0 Å². The van der Waals surface area contributed by atoms with E-state index in [4.69, 9.17) is 5.10 Å². The van der Waals surface area contributed by atoms with Crippen LogP contribution in [0.2, 0.25) is 0 Å². The fourth-order valence-corrected chi connectivity index (χ4v) is 7.23. The summed E-state index contributed by atoms with van der Waals surface area (Å²) in [5.41, 5.74) is 6.74. The maximum atomic E-state index is 11.3. The second-order valence-electron chi connectivity index (χ2n) is 10.6. The van der Waals surface area contributed by atoms with Crippen molar-refractivity contribution in [3.8, 4) is 10.4 Å². The first-order chi connectivity index (χ1) is 20.4. The highest BCUT2D eigenvalue weighted by molar-refractivity contribution is 7.90. The van der Waals surface area contributed by atoms with Crippen LogP contribution in [0.3, 0.4) is 0 Å². The zero-order valence-electron chi connectivity index (χ0n) is 23.1. The molecule has 0 aliphatic heterocycles. The van der Waals surface area contributed by atoms with Gasteiger partial charge in [-0.3, -0.25) is 9.36 Å². The highest BCUT2D eigenvalue weighted by Gasteiger charge is 2.26. The van der Waals surface area contributed by atoms with Crippen molar-refractivity contribution >= 4 is 53.8 Å². The molecule has 214 valence electrons. The Balaban J connectivity index is 1.12. The zero-order valence-corrected chi connectivity index (χ0v) is 24.7. The van der Waals surface area contributed by atoms with Crippen LogP contribution in [0.5, 0.6) is 0 Å². The van der Waals surface area contributed by atoms with Gasteiger partial charge in [-0.05, 0) is 42.2 Å². The van der Waals surface area contributed by atoms with Crippen molar-refractivity contribution in [3.05, 3.63) is 84.1 Å². The molecule has 0 saturated heterocycles. The van der Waals surface area contributed by atoms with Crippen LogP contribution in [0.1, 0.15) is 16.8 Å². The molecular formula is C30H30N8O2S2. The monoisotopic (exact) mass is 598 g/mol. The maximum absolute atomic E-state index is 11.3. The minimum atomic E-state index is -2.96.